The lowest BCUT2D eigenvalue weighted by atomic mass is 9.92. The highest BCUT2D eigenvalue weighted by molar-refractivity contribution is 7.23. The van der Waals surface area contributed by atoms with Crippen molar-refractivity contribution in [2.75, 3.05) is 56.7 Å². The van der Waals surface area contributed by atoms with E-state index >= 15 is 8.78 Å². The minimum absolute atomic E-state index is 0.0106. The van der Waals surface area contributed by atoms with Crippen LogP contribution < -0.4 is 20.1 Å². The van der Waals surface area contributed by atoms with Crippen molar-refractivity contribution >= 4 is 54.7 Å². The largest absolute Gasteiger partial charge is 0.489 e. The van der Waals surface area contributed by atoms with E-state index in [1.807, 2.05) is 11.0 Å². The summed E-state index contributed by atoms with van der Waals surface area (Å²) in [7, 11) is 0. The predicted octanol–water partition coefficient (Wildman–Crippen LogP) is 7.33. The van der Waals surface area contributed by atoms with E-state index in [-0.39, 0.29) is 104 Å². The van der Waals surface area contributed by atoms with Crippen molar-refractivity contribution in [1.82, 2.24) is 14.9 Å². The number of rotatable bonds is 5. The number of halogens is 5. The Morgan fingerprint density at radius 3 is 2.82 bits per heavy atom. The Kier molecular flexibility index (Phi) is 7.64. The number of hydrogen-bond donors (Lipinski definition) is 1. The zero-order chi connectivity index (χ0) is 35.4. The lowest BCUT2D eigenvalue weighted by Crippen LogP contribution is -2.43. The molecule has 4 aromatic rings. The van der Waals surface area contributed by atoms with Crippen LogP contribution in [0.3, 0.4) is 0 Å². The van der Waals surface area contributed by atoms with Gasteiger partial charge in [-0.25, -0.2) is 17.6 Å². The number of benzene rings is 2. The molecule has 266 valence electrons. The molecule has 3 saturated heterocycles. The Labute approximate surface area is 299 Å². The van der Waals surface area contributed by atoms with Crippen LogP contribution in [-0.4, -0.2) is 78.4 Å². The fourth-order valence-electron chi connectivity index (χ4n) is 8.58. The first-order valence-corrected chi connectivity index (χ1v) is 18.2. The van der Waals surface area contributed by atoms with E-state index in [2.05, 4.69) is 16.8 Å². The van der Waals surface area contributed by atoms with Crippen molar-refractivity contribution in [2.45, 2.75) is 50.1 Å². The molecule has 5 aliphatic rings. The second-order valence-corrected chi connectivity index (χ2v) is 15.9. The second kappa shape index (κ2) is 11.8. The highest BCUT2D eigenvalue weighted by Gasteiger charge is 2.55. The maximum atomic E-state index is 17.3. The number of hydrogen-bond acceptors (Lipinski definition) is 10. The quantitative estimate of drug-likeness (QED) is 0.166. The lowest BCUT2D eigenvalue weighted by Gasteiger charge is -2.32. The summed E-state index contributed by atoms with van der Waals surface area (Å²) in [4.78, 5) is 13.8. The number of alkyl halides is 2. The molecule has 2 aromatic carbocycles. The standard InChI is InChI=1S/C36H33ClF4N6O3S/c1-17-8-35(5-2-6-46(35)11-17)16-50-34-44-29-26-30(27(37)25(28(29)39)21-3-4-23(38)31-24(21)22(10-42)32(43)51-31)49-15-20-14-48-13-18(7-19-9-36(19,40)41)12-47(20)33(26)45-34/h3-4,7,17,19-20H,2,5-6,8-9,11-16,43H2,1H3/b18-7-/t17-,19?,20?,35+/m1/s1. The van der Waals surface area contributed by atoms with Gasteiger partial charge in [0, 0.05) is 36.4 Å². The van der Waals surface area contributed by atoms with Crippen LogP contribution in [-0.2, 0) is 4.74 Å². The third-order valence-corrected chi connectivity index (χ3v) is 12.4. The van der Waals surface area contributed by atoms with Crippen LogP contribution >= 0.6 is 22.9 Å². The van der Waals surface area contributed by atoms with Crippen LogP contribution in [0.5, 0.6) is 11.8 Å². The molecule has 2 unspecified atom stereocenters. The van der Waals surface area contributed by atoms with Gasteiger partial charge in [-0.05, 0) is 48.9 Å². The number of nitriles is 1. The van der Waals surface area contributed by atoms with Gasteiger partial charge in [0.15, 0.2) is 11.6 Å². The number of nitrogen functional groups attached to an aromatic ring is 1. The van der Waals surface area contributed by atoms with E-state index in [4.69, 9.17) is 36.5 Å². The number of nitrogens with zero attached hydrogens (tertiary/aromatic N) is 5. The Hall–Kier alpha value is -3.90. The van der Waals surface area contributed by atoms with E-state index in [9.17, 15) is 14.0 Å². The molecular weight excluding hydrogens is 708 g/mol. The van der Waals surface area contributed by atoms with Gasteiger partial charge in [-0.15, -0.1) is 11.3 Å². The van der Waals surface area contributed by atoms with E-state index in [0.717, 1.165) is 43.7 Å². The first-order chi connectivity index (χ1) is 24.5. The summed E-state index contributed by atoms with van der Waals surface area (Å²) in [6, 6.07) is 4.08. The zero-order valence-corrected chi connectivity index (χ0v) is 29.2. The highest BCUT2D eigenvalue weighted by atomic mass is 35.5. The molecule has 0 spiro atoms. The van der Waals surface area contributed by atoms with Crippen LogP contribution in [0.1, 0.15) is 38.2 Å². The maximum absolute atomic E-state index is 17.3. The topological polar surface area (TPSA) is 110 Å². The average molecular weight is 741 g/mol. The minimum atomic E-state index is -2.75. The van der Waals surface area contributed by atoms with Gasteiger partial charge >= 0.3 is 6.01 Å². The number of thiophene rings is 1. The maximum Gasteiger partial charge on any atom is 0.319 e. The van der Waals surface area contributed by atoms with Crippen molar-refractivity contribution < 1.29 is 31.8 Å². The third kappa shape index (κ3) is 5.22. The molecule has 0 radical (unpaired) electrons. The van der Waals surface area contributed by atoms with Gasteiger partial charge in [-0.3, -0.25) is 4.90 Å². The van der Waals surface area contributed by atoms with E-state index in [0.29, 0.717) is 18.1 Å². The first-order valence-electron chi connectivity index (χ1n) is 17.0. The van der Waals surface area contributed by atoms with E-state index in [1.165, 1.54) is 12.1 Å². The van der Waals surface area contributed by atoms with Crippen LogP contribution in [0, 0.1) is 34.8 Å². The zero-order valence-electron chi connectivity index (χ0n) is 27.6. The van der Waals surface area contributed by atoms with Crippen molar-refractivity contribution in [3.63, 3.8) is 0 Å². The summed E-state index contributed by atoms with van der Waals surface area (Å²) in [6.07, 6.45) is 4.31. The normalized spacial score (nSPS) is 27.6. The first kappa shape index (κ1) is 33.0. The number of anilines is 2. The van der Waals surface area contributed by atoms with Crippen LogP contribution in [0.25, 0.3) is 32.1 Å². The summed E-state index contributed by atoms with van der Waals surface area (Å²) < 4.78 is 79.2. The molecule has 4 aliphatic heterocycles. The van der Waals surface area contributed by atoms with Crippen molar-refractivity contribution in [2.24, 2.45) is 11.8 Å². The molecule has 4 fully saturated rings. The number of aromatic nitrogens is 2. The number of nitrogens with two attached hydrogens (primary N) is 1. The van der Waals surface area contributed by atoms with E-state index < -0.39 is 29.5 Å². The van der Waals surface area contributed by atoms with Gasteiger partial charge in [0.1, 0.15) is 41.4 Å². The molecule has 0 amide bonds. The molecule has 15 heteroatoms. The lowest BCUT2D eigenvalue weighted by molar-refractivity contribution is 0.106. The van der Waals surface area contributed by atoms with Gasteiger partial charge in [-0.1, -0.05) is 30.7 Å². The molecule has 51 heavy (non-hydrogen) atoms. The predicted molar refractivity (Wildman–Crippen MR) is 186 cm³/mol. The molecule has 1 saturated carbocycles. The van der Waals surface area contributed by atoms with Crippen molar-refractivity contribution in [3.05, 3.63) is 46.0 Å². The van der Waals surface area contributed by atoms with E-state index in [1.54, 1.807) is 6.08 Å². The molecule has 1 aliphatic carbocycles. The van der Waals surface area contributed by atoms with Crippen LogP contribution in [0.2, 0.25) is 5.02 Å². The van der Waals surface area contributed by atoms with Crippen LogP contribution in [0.4, 0.5) is 28.4 Å². The molecule has 9 rings (SSSR count). The Balaban J connectivity index is 1.24. The third-order valence-electron chi connectivity index (χ3n) is 11.0. The Morgan fingerprint density at radius 1 is 1.22 bits per heavy atom. The van der Waals surface area contributed by atoms with Gasteiger partial charge in [0.05, 0.1) is 45.5 Å². The molecule has 2 N–H and O–H groups in total. The van der Waals surface area contributed by atoms with Crippen molar-refractivity contribution in [1.29, 1.82) is 5.26 Å². The summed E-state index contributed by atoms with van der Waals surface area (Å²) in [5, 5.41) is 10.3. The van der Waals surface area contributed by atoms with Gasteiger partial charge in [0.25, 0.3) is 5.92 Å². The van der Waals surface area contributed by atoms with Gasteiger partial charge in [-0.2, -0.15) is 15.2 Å². The minimum Gasteiger partial charge on any atom is -0.489 e. The Bertz CT molecular complexity index is 2210. The highest BCUT2D eigenvalue weighted by Crippen LogP contribution is 2.53. The Morgan fingerprint density at radius 2 is 2.04 bits per heavy atom. The molecule has 9 nitrogen and oxygen atoms in total. The smallest absolute Gasteiger partial charge is 0.319 e. The van der Waals surface area contributed by atoms with Crippen molar-refractivity contribution in [3.8, 4) is 29.0 Å². The van der Waals surface area contributed by atoms with Crippen LogP contribution in [0.15, 0.2) is 23.8 Å². The molecule has 0 bridgehead atoms. The summed E-state index contributed by atoms with van der Waals surface area (Å²) in [6.45, 7) is 5.03. The van der Waals surface area contributed by atoms with Gasteiger partial charge < -0.3 is 24.8 Å². The SMILES string of the molecule is C[C@H]1CN2CCC[C@@]2(COc2nc3c4c(c(Cl)c(-c5ccc(F)c6sc(N)c(C#N)c56)c(F)c4n2)OCC2COC/C(=C\C4CC4(F)F)CN32)C1. The molecule has 6 heterocycles. The summed E-state index contributed by atoms with van der Waals surface area (Å²) in [5.41, 5.74) is 6.47. The number of ether oxygens (including phenoxy) is 3. The number of allylic oxidation sites excluding steroid dienone is 1. The fraction of sp³-hybridized carbons (Fsp3) is 0.472. The summed E-state index contributed by atoms with van der Waals surface area (Å²) in [5.74, 6) is -4.20. The fourth-order valence-corrected chi connectivity index (χ4v) is 9.87. The molecule has 2 aromatic heterocycles. The van der Waals surface area contributed by atoms with Gasteiger partial charge in [0.2, 0.25) is 0 Å². The molecular formula is C36H33ClF4N6O3S. The number of fused-ring (bicyclic) bond motifs is 4. The average Bonchev–Trinajstić information content (AvgIpc) is 3.27. The molecule has 4 atom stereocenters. The summed E-state index contributed by atoms with van der Waals surface area (Å²) >= 11 is 7.96. The second-order valence-electron chi connectivity index (χ2n) is 14.5. The monoisotopic (exact) mass is 740 g/mol.